The van der Waals surface area contributed by atoms with Crippen LogP contribution in [0.4, 0.5) is 0 Å². The lowest BCUT2D eigenvalue weighted by molar-refractivity contribution is 0.194. The molecule has 1 unspecified atom stereocenters. The summed E-state index contributed by atoms with van der Waals surface area (Å²) in [5.74, 6) is 3.02. The molecular weight excluding hydrogens is 296 g/mol. The van der Waals surface area contributed by atoms with E-state index in [4.69, 9.17) is 0 Å². The van der Waals surface area contributed by atoms with Crippen LogP contribution in [-0.2, 0) is 19.5 Å². The lowest BCUT2D eigenvalue weighted by Crippen LogP contribution is -2.35. The minimum absolute atomic E-state index is 0.545. The lowest BCUT2D eigenvalue weighted by Gasteiger charge is -2.32. The monoisotopic (exact) mass is 324 g/mol. The van der Waals surface area contributed by atoms with Crippen molar-refractivity contribution in [3.63, 3.8) is 0 Å². The van der Waals surface area contributed by atoms with E-state index in [0.29, 0.717) is 5.92 Å². The Labute approximate surface area is 144 Å². The van der Waals surface area contributed by atoms with Gasteiger partial charge in [-0.15, -0.1) is 10.2 Å². The van der Waals surface area contributed by atoms with Gasteiger partial charge in [-0.3, -0.25) is 4.90 Å². The number of rotatable bonds is 3. The first kappa shape index (κ1) is 15.8. The third-order valence-corrected chi connectivity index (χ3v) is 5.54. The molecule has 4 rings (SSSR count). The fraction of sp³-hybridized carbons (Fsp3) is 0.600. The van der Waals surface area contributed by atoms with Crippen molar-refractivity contribution in [3.05, 3.63) is 47.0 Å². The fourth-order valence-corrected chi connectivity index (χ4v) is 4.17. The van der Waals surface area contributed by atoms with Crippen molar-refractivity contribution in [2.45, 2.75) is 64.5 Å². The number of likely N-dealkylation sites (tertiary alicyclic amines) is 1. The average molecular weight is 324 g/mol. The van der Waals surface area contributed by atoms with Gasteiger partial charge in [0, 0.05) is 32.0 Å². The van der Waals surface area contributed by atoms with Crippen LogP contribution in [-0.4, -0.2) is 32.8 Å². The molecule has 4 nitrogen and oxygen atoms in total. The molecule has 0 spiro atoms. The van der Waals surface area contributed by atoms with Crippen LogP contribution in [0.2, 0.25) is 0 Å². The van der Waals surface area contributed by atoms with E-state index >= 15 is 0 Å². The third-order valence-electron chi connectivity index (χ3n) is 5.54. The van der Waals surface area contributed by atoms with E-state index in [1.54, 1.807) is 0 Å². The smallest absolute Gasteiger partial charge is 0.137 e. The summed E-state index contributed by atoms with van der Waals surface area (Å²) in [5, 5.41) is 9.11. The van der Waals surface area contributed by atoms with E-state index in [2.05, 4.69) is 50.9 Å². The summed E-state index contributed by atoms with van der Waals surface area (Å²) < 4.78 is 2.44. The van der Waals surface area contributed by atoms with Gasteiger partial charge in [-0.05, 0) is 44.7 Å². The van der Waals surface area contributed by atoms with Crippen LogP contribution in [0.1, 0.15) is 60.8 Å². The molecule has 1 aromatic carbocycles. The van der Waals surface area contributed by atoms with Crippen LogP contribution in [0.5, 0.6) is 0 Å². The summed E-state index contributed by atoms with van der Waals surface area (Å²) in [6.07, 6.45) is 7.49. The van der Waals surface area contributed by atoms with Gasteiger partial charge in [0.25, 0.3) is 0 Å². The van der Waals surface area contributed by atoms with Crippen LogP contribution in [0, 0.1) is 6.92 Å². The molecule has 1 saturated heterocycles. The van der Waals surface area contributed by atoms with Crippen LogP contribution in [0.3, 0.4) is 0 Å². The van der Waals surface area contributed by atoms with Crippen molar-refractivity contribution in [2.75, 3.05) is 13.1 Å². The zero-order valence-electron chi connectivity index (χ0n) is 14.7. The Kier molecular flexibility index (Phi) is 4.65. The number of hydrogen-bond acceptors (Lipinski definition) is 3. The Hall–Kier alpha value is -1.68. The molecule has 24 heavy (non-hydrogen) atoms. The predicted molar refractivity (Wildman–Crippen MR) is 96.0 cm³/mol. The van der Waals surface area contributed by atoms with Crippen molar-refractivity contribution in [3.8, 4) is 0 Å². The average Bonchev–Trinajstić information content (AvgIpc) is 2.86. The number of benzene rings is 1. The molecule has 128 valence electrons. The Morgan fingerprint density at radius 3 is 2.75 bits per heavy atom. The van der Waals surface area contributed by atoms with E-state index in [0.717, 1.165) is 26.1 Å². The molecule has 1 fully saturated rings. The Morgan fingerprint density at radius 1 is 1.00 bits per heavy atom. The van der Waals surface area contributed by atoms with Crippen molar-refractivity contribution in [1.82, 2.24) is 19.7 Å². The second-order valence-electron chi connectivity index (χ2n) is 7.50. The largest absolute Gasteiger partial charge is 0.315 e. The first-order valence-electron chi connectivity index (χ1n) is 9.49. The number of hydrogen-bond donors (Lipinski definition) is 0. The van der Waals surface area contributed by atoms with Gasteiger partial charge in [0.1, 0.15) is 11.6 Å². The van der Waals surface area contributed by atoms with Crippen LogP contribution < -0.4 is 0 Å². The Bertz CT molecular complexity index is 673. The van der Waals surface area contributed by atoms with Crippen LogP contribution in [0.25, 0.3) is 0 Å². The maximum Gasteiger partial charge on any atom is 0.137 e. The van der Waals surface area contributed by atoms with Gasteiger partial charge in [-0.2, -0.15) is 0 Å². The van der Waals surface area contributed by atoms with Gasteiger partial charge in [-0.1, -0.05) is 36.2 Å². The maximum absolute atomic E-state index is 4.60. The summed E-state index contributed by atoms with van der Waals surface area (Å²) >= 11 is 0. The molecule has 0 bridgehead atoms. The van der Waals surface area contributed by atoms with E-state index < -0.39 is 0 Å². The molecule has 2 aliphatic rings. The van der Waals surface area contributed by atoms with Gasteiger partial charge in [0.05, 0.1) is 0 Å². The molecular formula is C20H28N4. The Morgan fingerprint density at radius 2 is 1.88 bits per heavy atom. The van der Waals surface area contributed by atoms with Crippen molar-refractivity contribution in [1.29, 1.82) is 0 Å². The quantitative estimate of drug-likeness (QED) is 0.863. The molecule has 0 saturated carbocycles. The topological polar surface area (TPSA) is 34.0 Å². The second-order valence-corrected chi connectivity index (χ2v) is 7.50. The molecule has 3 heterocycles. The summed E-state index contributed by atoms with van der Waals surface area (Å²) in [7, 11) is 0. The minimum Gasteiger partial charge on any atom is -0.315 e. The predicted octanol–water partition coefficient (Wildman–Crippen LogP) is 3.69. The van der Waals surface area contributed by atoms with Gasteiger partial charge in [0.15, 0.2) is 0 Å². The number of piperidine rings is 1. The van der Waals surface area contributed by atoms with Crippen molar-refractivity contribution < 1.29 is 0 Å². The molecule has 0 amide bonds. The molecule has 1 atom stereocenters. The summed E-state index contributed by atoms with van der Waals surface area (Å²) in [6.45, 7) is 6.64. The van der Waals surface area contributed by atoms with Crippen molar-refractivity contribution >= 4 is 0 Å². The van der Waals surface area contributed by atoms with Crippen LogP contribution in [0.15, 0.2) is 24.3 Å². The van der Waals surface area contributed by atoms with E-state index in [9.17, 15) is 0 Å². The molecule has 2 aromatic rings. The fourth-order valence-electron chi connectivity index (χ4n) is 4.17. The zero-order chi connectivity index (χ0) is 16.4. The molecule has 4 heteroatoms. The SMILES string of the molecule is Cc1ccc(CN2CCCC(c3nnc4n3CCCCC4)C2)cc1. The molecule has 0 radical (unpaired) electrons. The standard InChI is InChI=1S/C20H28N4/c1-16-8-10-17(11-9-16)14-23-12-5-6-18(15-23)20-22-21-19-7-3-2-4-13-24(19)20/h8-11,18H,2-7,12-15H2,1H3. The first-order valence-corrected chi connectivity index (χ1v) is 9.49. The maximum atomic E-state index is 4.60. The van der Waals surface area contributed by atoms with Crippen molar-refractivity contribution in [2.24, 2.45) is 0 Å². The van der Waals surface area contributed by atoms with E-state index in [1.807, 2.05) is 0 Å². The molecule has 2 aliphatic heterocycles. The number of fused-ring (bicyclic) bond motifs is 1. The number of aromatic nitrogens is 3. The molecule has 0 N–H and O–H groups in total. The summed E-state index contributed by atoms with van der Waals surface area (Å²) in [6, 6.07) is 8.97. The minimum atomic E-state index is 0.545. The van der Waals surface area contributed by atoms with E-state index in [-0.39, 0.29) is 0 Å². The zero-order valence-corrected chi connectivity index (χ0v) is 14.7. The van der Waals surface area contributed by atoms with Gasteiger partial charge in [-0.25, -0.2) is 0 Å². The normalized spacial score (nSPS) is 22.1. The second kappa shape index (κ2) is 7.06. The summed E-state index contributed by atoms with van der Waals surface area (Å²) in [5.41, 5.74) is 2.75. The van der Waals surface area contributed by atoms with Gasteiger partial charge < -0.3 is 4.57 Å². The highest BCUT2D eigenvalue weighted by Gasteiger charge is 2.27. The van der Waals surface area contributed by atoms with Gasteiger partial charge in [0.2, 0.25) is 0 Å². The molecule has 1 aromatic heterocycles. The highest BCUT2D eigenvalue weighted by Crippen LogP contribution is 2.28. The number of aryl methyl sites for hydroxylation is 2. The lowest BCUT2D eigenvalue weighted by atomic mass is 9.96. The van der Waals surface area contributed by atoms with Gasteiger partial charge >= 0.3 is 0 Å². The Balaban J connectivity index is 1.47. The molecule has 0 aliphatic carbocycles. The summed E-state index contributed by atoms with van der Waals surface area (Å²) in [4.78, 5) is 2.59. The highest BCUT2D eigenvalue weighted by molar-refractivity contribution is 5.21. The van der Waals surface area contributed by atoms with E-state index in [1.165, 1.54) is 61.4 Å². The number of nitrogens with zero attached hydrogens (tertiary/aromatic N) is 4. The third kappa shape index (κ3) is 3.39. The first-order chi connectivity index (χ1) is 11.8. The van der Waals surface area contributed by atoms with Crippen LogP contribution >= 0.6 is 0 Å². The highest BCUT2D eigenvalue weighted by atomic mass is 15.3.